The zero-order valence-corrected chi connectivity index (χ0v) is 12.4. The SMILES string of the molecule is CCNC(CSC1CCCC1)c1cccc(C)c1. The van der Waals surface area contributed by atoms with Crippen LogP contribution < -0.4 is 5.32 Å². The number of hydrogen-bond acceptors (Lipinski definition) is 2. The van der Waals surface area contributed by atoms with Gasteiger partial charge in [-0.2, -0.15) is 11.8 Å². The highest BCUT2D eigenvalue weighted by molar-refractivity contribution is 7.99. The maximum atomic E-state index is 3.63. The van der Waals surface area contributed by atoms with Crippen LogP contribution in [0.3, 0.4) is 0 Å². The molecule has 2 rings (SSSR count). The lowest BCUT2D eigenvalue weighted by Gasteiger charge is -2.20. The van der Waals surface area contributed by atoms with Crippen LogP contribution in [0, 0.1) is 6.92 Å². The maximum absolute atomic E-state index is 3.63. The van der Waals surface area contributed by atoms with Gasteiger partial charge >= 0.3 is 0 Å². The number of benzene rings is 1. The van der Waals surface area contributed by atoms with E-state index < -0.39 is 0 Å². The molecule has 100 valence electrons. The predicted molar refractivity (Wildman–Crippen MR) is 82.3 cm³/mol. The zero-order chi connectivity index (χ0) is 12.8. The van der Waals surface area contributed by atoms with Gasteiger partial charge in [0.2, 0.25) is 0 Å². The van der Waals surface area contributed by atoms with Gasteiger partial charge in [0.25, 0.3) is 0 Å². The van der Waals surface area contributed by atoms with E-state index in [0.717, 1.165) is 11.8 Å². The third-order valence-electron chi connectivity index (χ3n) is 3.70. The van der Waals surface area contributed by atoms with Gasteiger partial charge < -0.3 is 5.32 Å². The van der Waals surface area contributed by atoms with E-state index in [1.165, 1.54) is 42.6 Å². The standard InChI is InChI=1S/C16H25NS/c1-3-17-16(12-18-15-9-4-5-10-15)14-8-6-7-13(2)11-14/h6-8,11,15-17H,3-5,9-10,12H2,1-2H3. The fraction of sp³-hybridized carbons (Fsp3) is 0.625. The summed E-state index contributed by atoms with van der Waals surface area (Å²) >= 11 is 2.17. The molecule has 1 nitrogen and oxygen atoms in total. The minimum absolute atomic E-state index is 0.514. The van der Waals surface area contributed by atoms with Crippen LogP contribution in [0.5, 0.6) is 0 Å². The molecule has 1 N–H and O–H groups in total. The first-order chi connectivity index (χ1) is 8.79. The second-order valence-corrected chi connectivity index (χ2v) is 6.60. The molecule has 1 saturated carbocycles. The van der Waals surface area contributed by atoms with Gasteiger partial charge in [-0.05, 0) is 31.9 Å². The fourth-order valence-electron chi connectivity index (χ4n) is 2.69. The summed E-state index contributed by atoms with van der Waals surface area (Å²) in [4.78, 5) is 0. The maximum Gasteiger partial charge on any atom is 0.0411 e. The summed E-state index contributed by atoms with van der Waals surface area (Å²) in [6.45, 7) is 5.42. The van der Waals surface area contributed by atoms with E-state index in [4.69, 9.17) is 0 Å². The number of nitrogens with one attached hydrogen (secondary N) is 1. The summed E-state index contributed by atoms with van der Waals surface area (Å²) in [6, 6.07) is 9.45. The molecule has 0 heterocycles. The van der Waals surface area contributed by atoms with Crippen molar-refractivity contribution in [2.24, 2.45) is 0 Å². The molecular formula is C16H25NS. The van der Waals surface area contributed by atoms with Crippen molar-refractivity contribution < 1.29 is 0 Å². The largest absolute Gasteiger partial charge is 0.310 e. The van der Waals surface area contributed by atoms with E-state index in [0.29, 0.717) is 6.04 Å². The molecule has 1 aliphatic carbocycles. The van der Waals surface area contributed by atoms with Crippen LogP contribution in [0.25, 0.3) is 0 Å². The van der Waals surface area contributed by atoms with E-state index >= 15 is 0 Å². The van der Waals surface area contributed by atoms with E-state index in [-0.39, 0.29) is 0 Å². The molecule has 2 heteroatoms. The highest BCUT2D eigenvalue weighted by Crippen LogP contribution is 2.32. The molecule has 0 radical (unpaired) electrons. The minimum Gasteiger partial charge on any atom is -0.310 e. The first-order valence-electron chi connectivity index (χ1n) is 7.21. The lowest BCUT2D eigenvalue weighted by atomic mass is 10.1. The summed E-state index contributed by atoms with van der Waals surface area (Å²) in [6.07, 6.45) is 5.73. The Morgan fingerprint density at radius 1 is 1.33 bits per heavy atom. The molecule has 0 bridgehead atoms. The number of aryl methyl sites for hydroxylation is 1. The summed E-state index contributed by atoms with van der Waals surface area (Å²) in [5.41, 5.74) is 2.81. The first kappa shape index (κ1) is 14.0. The van der Waals surface area contributed by atoms with Crippen molar-refractivity contribution in [3.63, 3.8) is 0 Å². The average molecular weight is 263 g/mol. The molecule has 1 fully saturated rings. The minimum atomic E-state index is 0.514. The van der Waals surface area contributed by atoms with Crippen molar-refractivity contribution >= 4 is 11.8 Å². The molecular weight excluding hydrogens is 238 g/mol. The Kier molecular flexibility index (Phi) is 5.58. The molecule has 1 aliphatic rings. The van der Waals surface area contributed by atoms with Gasteiger partial charge in [0, 0.05) is 17.0 Å². The number of rotatable bonds is 6. The molecule has 0 aromatic heterocycles. The molecule has 0 aliphatic heterocycles. The molecule has 18 heavy (non-hydrogen) atoms. The van der Waals surface area contributed by atoms with Crippen molar-refractivity contribution in [2.75, 3.05) is 12.3 Å². The summed E-state index contributed by atoms with van der Waals surface area (Å²) < 4.78 is 0. The third kappa shape index (κ3) is 4.03. The van der Waals surface area contributed by atoms with Crippen molar-refractivity contribution in [3.8, 4) is 0 Å². The second kappa shape index (κ2) is 7.20. The number of thioether (sulfide) groups is 1. The monoisotopic (exact) mass is 263 g/mol. The van der Waals surface area contributed by atoms with Gasteiger partial charge in [-0.3, -0.25) is 0 Å². The van der Waals surface area contributed by atoms with Crippen molar-refractivity contribution in [2.45, 2.75) is 50.8 Å². The van der Waals surface area contributed by atoms with Crippen LogP contribution in [0.1, 0.15) is 49.8 Å². The molecule has 0 saturated heterocycles. The summed E-state index contributed by atoms with van der Waals surface area (Å²) in [5, 5.41) is 4.54. The van der Waals surface area contributed by atoms with Crippen LogP contribution in [0.2, 0.25) is 0 Å². The van der Waals surface area contributed by atoms with E-state index in [9.17, 15) is 0 Å². The Morgan fingerprint density at radius 2 is 2.11 bits per heavy atom. The van der Waals surface area contributed by atoms with Gasteiger partial charge in [0.15, 0.2) is 0 Å². The van der Waals surface area contributed by atoms with Crippen LogP contribution in [-0.2, 0) is 0 Å². The lowest BCUT2D eigenvalue weighted by Crippen LogP contribution is -2.23. The molecule has 1 aromatic rings. The first-order valence-corrected chi connectivity index (χ1v) is 8.26. The summed E-state index contributed by atoms with van der Waals surface area (Å²) in [5.74, 6) is 1.21. The summed E-state index contributed by atoms with van der Waals surface area (Å²) in [7, 11) is 0. The van der Waals surface area contributed by atoms with Gasteiger partial charge in [0.05, 0.1) is 0 Å². The van der Waals surface area contributed by atoms with Crippen LogP contribution in [0.15, 0.2) is 24.3 Å². The van der Waals surface area contributed by atoms with E-state index in [2.05, 4.69) is 55.2 Å². The third-order valence-corrected chi connectivity index (χ3v) is 5.16. The Bertz CT molecular complexity index is 358. The highest BCUT2D eigenvalue weighted by Gasteiger charge is 2.18. The molecule has 0 amide bonds. The molecule has 1 atom stereocenters. The molecule has 1 aromatic carbocycles. The van der Waals surface area contributed by atoms with E-state index in [1.807, 2.05) is 0 Å². The number of hydrogen-bond donors (Lipinski definition) is 1. The normalized spacial score (nSPS) is 18.1. The smallest absolute Gasteiger partial charge is 0.0411 e. The quantitative estimate of drug-likeness (QED) is 0.820. The van der Waals surface area contributed by atoms with Gasteiger partial charge in [-0.15, -0.1) is 0 Å². The molecule has 1 unspecified atom stereocenters. The Morgan fingerprint density at radius 3 is 2.78 bits per heavy atom. The average Bonchev–Trinajstić information content (AvgIpc) is 2.87. The van der Waals surface area contributed by atoms with Crippen molar-refractivity contribution in [1.82, 2.24) is 5.32 Å². The van der Waals surface area contributed by atoms with Crippen LogP contribution in [-0.4, -0.2) is 17.5 Å². The Balaban J connectivity index is 1.94. The van der Waals surface area contributed by atoms with Gasteiger partial charge in [0.1, 0.15) is 0 Å². The fourth-order valence-corrected chi connectivity index (χ4v) is 4.14. The highest BCUT2D eigenvalue weighted by atomic mass is 32.2. The van der Waals surface area contributed by atoms with Crippen molar-refractivity contribution in [1.29, 1.82) is 0 Å². The second-order valence-electron chi connectivity index (χ2n) is 5.26. The van der Waals surface area contributed by atoms with Crippen molar-refractivity contribution in [3.05, 3.63) is 35.4 Å². The Hall–Kier alpha value is -0.470. The van der Waals surface area contributed by atoms with Gasteiger partial charge in [-0.1, -0.05) is 49.6 Å². The van der Waals surface area contributed by atoms with Gasteiger partial charge in [-0.25, -0.2) is 0 Å². The predicted octanol–water partition coefficient (Wildman–Crippen LogP) is 4.32. The topological polar surface area (TPSA) is 12.0 Å². The van der Waals surface area contributed by atoms with Crippen LogP contribution in [0.4, 0.5) is 0 Å². The molecule has 0 spiro atoms. The lowest BCUT2D eigenvalue weighted by molar-refractivity contribution is 0.604. The Labute approximate surface area is 116 Å². The zero-order valence-electron chi connectivity index (χ0n) is 11.6. The van der Waals surface area contributed by atoms with Crippen LogP contribution >= 0.6 is 11.8 Å². The van der Waals surface area contributed by atoms with E-state index in [1.54, 1.807) is 0 Å².